The van der Waals surface area contributed by atoms with Crippen LogP contribution >= 0.6 is 11.3 Å². The molecule has 2 nitrogen and oxygen atoms in total. The van der Waals surface area contributed by atoms with Gasteiger partial charge in [-0.1, -0.05) is 146 Å². The second-order valence-electron chi connectivity index (χ2n) is 15.3. The third-order valence-corrected chi connectivity index (χ3v) is 13.1. The average Bonchev–Trinajstić information content (AvgIpc) is 3.68. The number of thiophene rings is 1. The molecule has 0 atom stereocenters. The van der Waals surface area contributed by atoms with Crippen LogP contribution in [0.2, 0.25) is 0 Å². The average molecular weight is 769 g/mol. The van der Waals surface area contributed by atoms with Crippen molar-refractivity contribution in [2.45, 2.75) is 0 Å². The summed E-state index contributed by atoms with van der Waals surface area (Å²) in [5.74, 6) is 0. The highest BCUT2D eigenvalue weighted by molar-refractivity contribution is 7.25. The van der Waals surface area contributed by atoms with E-state index >= 15 is 0 Å². The fraction of sp³-hybridized carbons (Fsp3) is 0. The fourth-order valence-corrected chi connectivity index (χ4v) is 10.3. The Kier molecular flexibility index (Phi) is 7.75. The monoisotopic (exact) mass is 768 g/mol. The van der Waals surface area contributed by atoms with Gasteiger partial charge in [-0.05, 0) is 111 Å². The van der Waals surface area contributed by atoms with E-state index in [9.17, 15) is 0 Å². The predicted molar refractivity (Wildman–Crippen MR) is 254 cm³/mol. The van der Waals surface area contributed by atoms with Crippen molar-refractivity contribution in [1.82, 2.24) is 0 Å². The molecule has 0 spiro atoms. The predicted octanol–water partition coefficient (Wildman–Crippen LogP) is 16.6. The Morgan fingerprint density at radius 3 is 1.69 bits per heavy atom. The van der Waals surface area contributed by atoms with E-state index in [1.165, 1.54) is 86.5 Å². The first-order valence-corrected chi connectivity index (χ1v) is 21.0. The second kappa shape index (κ2) is 13.6. The molecule has 1 aliphatic heterocycles. The van der Waals surface area contributed by atoms with Gasteiger partial charge >= 0.3 is 0 Å². The van der Waals surface area contributed by atoms with Crippen LogP contribution in [0.15, 0.2) is 218 Å². The van der Waals surface area contributed by atoms with Crippen molar-refractivity contribution >= 4 is 87.2 Å². The number of hydrogen-bond donors (Lipinski definition) is 0. The van der Waals surface area contributed by atoms with E-state index in [2.05, 4.69) is 228 Å². The highest BCUT2D eigenvalue weighted by atomic mass is 32.1. The van der Waals surface area contributed by atoms with E-state index in [0.29, 0.717) is 0 Å². The van der Waals surface area contributed by atoms with Gasteiger partial charge in [0.05, 0.1) is 11.4 Å². The number of hydrogen-bond acceptors (Lipinski definition) is 3. The zero-order valence-corrected chi connectivity index (χ0v) is 32.9. The summed E-state index contributed by atoms with van der Waals surface area (Å²) in [5, 5.41) is 7.69. The third kappa shape index (κ3) is 5.55. The highest BCUT2D eigenvalue weighted by Crippen LogP contribution is 2.53. The van der Waals surface area contributed by atoms with Gasteiger partial charge in [-0.15, -0.1) is 11.3 Å². The zero-order valence-electron chi connectivity index (χ0n) is 32.1. The summed E-state index contributed by atoms with van der Waals surface area (Å²) < 4.78 is 2.66. The van der Waals surface area contributed by atoms with Gasteiger partial charge in [-0.2, -0.15) is 0 Å². The molecule has 0 saturated carbocycles. The molecule has 11 aromatic rings. The molecule has 1 aromatic heterocycles. The van der Waals surface area contributed by atoms with Crippen LogP contribution in [0.25, 0.3) is 75.1 Å². The maximum atomic E-state index is 2.46. The van der Waals surface area contributed by atoms with E-state index in [1.54, 1.807) is 0 Å². The smallest absolute Gasteiger partial charge is 0.0618 e. The molecule has 3 heteroatoms. The lowest BCUT2D eigenvalue weighted by atomic mass is 9.88. The maximum Gasteiger partial charge on any atom is 0.0618 e. The summed E-state index contributed by atoms with van der Waals surface area (Å²) >= 11 is 1.86. The molecular weight excluding hydrogens is 733 g/mol. The van der Waals surface area contributed by atoms with Crippen molar-refractivity contribution in [2.75, 3.05) is 9.80 Å². The molecule has 2 heterocycles. The Bertz CT molecular complexity index is 3360. The first-order valence-electron chi connectivity index (χ1n) is 20.2. The van der Waals surface area contributed by atoms with Crippen LogP contribution < -0.4 is 9.80 Å². The number of benzene rings is 10. The molecule has 59 heavy (non-hydrogen) atoms. The Hall–Kier alpha value is -7.46. The van der Waals surface area contributed by atoms with Crippen LogP contribution in [0.3, 0.4) is 0 Å². The highest BCUT2D eigenvalue weighted by Gasteiger charge is 2.27. The van der Waals surface area contributed by atoms with Crippen LogP contribution in [0.5, 0.6) is 0 Å². The minimum absolute atomic E-state index is 1.11. The summed E-state index contributed by atoms with van der Waals surface area (Å²) in [6, 6.07) is 79.9. The Morgan fingerprint density at radius 2 is 0.932 bits per heavy atom. The lowest BCUT2D eigenvalue weighted by Crippen LogP contribution is -2.15. The van der Waals surface area contributed by atoms with E-state index < -0.39 is 0 Å². The van der Waals surface area contributed by atoms with Crippen LogP contribution in [-0.2, 0) is 0 Å². The maximum absolute atomic E-state index is 2.46. The molecule has 0 N–H and O–H groups in total. The first kappa shape index (κ1) is 33.7. The Labute approximate surface area is 347 Å². The van der Waals surface area contributed by atoms with Gasteiger partial charge < -0.3 is 9.80 Å². The molecule has 10 aromatic carbocycles. The number of para-hydroxylation sites is 1. The standard InChI is InChI=1S/C56H36N2S/c1-2-13-43(14-3-1)57(45-30-24-39(25-31-45)42-27-35-54-51(36-42)48-16-6-7-19-53(48)59-54)44-28-20-37(21-29-44)38-22-32-46(33-23-38)58-52-18-9-12-41-11-8-17-49(55(41)52)50-34-26-40-10-4-5-15-47(40)56(50)58/h1-36H. The van der Waals surface area contributed by atoms with Gasteiger partial charge in [0.2, 0.25) is 0 Å². The normalized spacial score (nSPS) is 12.0. The SMILES string of the molecule is c1ccc(N(c2ccc(-c3ccc(N4c5c(ccc6ccccc56)-c5cccc6cccc4c56)cc3)cc2)c2ccc(-c3ccc4sc5ccccc5c4c3)cc2)cc1. The summed E-state index contributed by atoms with van der Waals surface area (Å²) in [4.78, 5) is 4.80. The van der Waals surface area contributed by atoms with Crippen LogP contribution in [-0.4, -0.2) is 0 Å². The molecule has 0 unspecified atom stereocenters. The van der Waals surface area contributed by atoms with Crippen LogP contribution in [0.1, 0.15) is 0 Å². The van der Waals surface area contributed by atoms with E-state index in [1.807, 2.05) is 11.3 Å². The molecule has 0 fully saturated rings. The topological polar surface area (TPSA) is 6.48 Å². The van der Waals surface area contributed by atoms with Crippen molar-refractivity contribution in [2.24, 2.45) is 0 Å². The minimum atomic E-state index is 1.11. The molecule has 0 saturated heterocycles. The molecule has 12 rings (SSSR count). The van der Waals surface area contributed by atoms with Crippen molar-refractivity contribution in [3.05, 3.63) is 218 Å². The minimum Gasteiger partial charge on any atom is -0.311 e. The van der Waals surface area contributed by atoms with Gasteiger partial charge in [0.25, 0.3) is 0 Å². The van der Waals surface area contributed by atoms with Crippen molar-refractivity contribution < 1.29 is 0 Å². The van der Waals surface area contributed by atoms with Gasteiger partial charge in [-0.3, -0.25) is 0 Å². The molecule has 0 radical (unpaired) electrons. The fourth-order valence-electron chi connectivity index (χ4n) is 9.17. The lowest BCUT2D eigenvalue weighted by molar-refractivity contribution is 1.28. The summed E-state index contributed by atoms with van der Waals surface area (Å²) in [7, 11) is 0. The largest absolute Gasteiger partial charge is 0.311 e. The molecule has 276 valence electrons. The zero-order chi connectivity index (χ0) is 38.9. The number of nitrogens with zero attached hydrogens (tertiary/aromatic N) is 2. The van der Waals surface area contributed by atoms with Gasteiger partial charge in [0.15, 0.2) is 0 Å². The van der Waals surface area contributed by atoms with Gasteiger partial charge in [0.1, 0.15) is 0 Å². The second-order valence-corrected chi connectivity index (χ2v) is 16.4. The van der Waals surface area contributed by atoms with E-state index in [-0.39, 0.29) is 0 Å². The Morgan fingerprint density at radius 1 is 0.356 bits per heavy atom. The van der Waals surface area contributed by atoms with Crippen molar-refractivity contribution in [3.63, 3.8) is 0 Å². The summed E-state index contributed by atoms with van der Waals surface area (Å²) in [6.07, 6.45) is 0. The van der Waals surface area contributed by atoms with Crippen molar-refractivity contribution in [1.29, 1.82) is 0 Å². The molecule has 0 bridgehead atoms. The molecular formula is C56H36N2S. The van der Waals surface area contributed by atoms with Crippen LogP contribution in [0.4, 0.5) is 34.1 Å². The number of anilines is 6. The number of fused-ring (bicyclic) bond motifs is 7. The van der Waals surface area contributed by atoms with Gasteiger partial charge in [0, 0.05) is 59.3 Å². The number of rotatable bonds is 6. The molecule has 0 amide bonds. The van der Waals surface area contributed by atoms with Crippen LogP contribution in [0, 0.1) is 0 Å². The third-order valence-electron chi connectivity index (χ3n) is 12.0. The van der Waals surface area contributed by atoms with E-state index in [4.69, 9.17) is 0 Å². The Balaban J connectivity index is 0.881. The summed E-state index contributed by atoms with van der Waals surface area (Å²) in [6.45, 7) is 0. The lowest BCUT2D eigenvalue weighted by Gasteiger charge is -2.34. The van der Waals surface area contributed by atoms with E-state index in [0.717, 1.165) is 22.7 Å². The molecule has 0 aliphatic carbocycles. The quantitative estimate of drug-likeness (QED) is 0.166. The molecule has 1 aliphatic rings. The first-order chi connectivity index (χ1) is 29.2. The summed E-state index contributed by atoms with van der Waals surface area (Å²) in [5.41, 5.74) is 14.3. The van der Waals surface area contributed by atoms with Gasteiger partial charge in [-0.25, -0.2) is 0 Å². The van der Waals surface area contributed by atoms with Crippen molar-refractivity contribution in [3.8, 4) is 33.4 Å².